The molecule has 0 radical (unpaired) electrons. The molecule has 4 nitrogen and oxygen atoms in total. The summed E-state index contributed by atoms with van der Waals surface area (Å²) in [6, 6.07) is 0. The zero-order chi connectivity index (χ0) is 10.1. The fourth-order valence-electron chi connectivity index (χ4n) is 1.05. The quantitative estimate of drug-likeness (QED) is 0.464. The van der Waals surface area contributed by atoms with E-state index in [0.29, 0.717) is 12.9 Å². The Bertz CT molecular complexity index is 156. The number of carboxylic acid groups (broad SMARTS) is 1. The van der Waals surface area contributed by atoms with Crippen LogP contribution in [-0.2, 0) is 14.3 Å². The lowest BCUT2D eigenvalue weighted by atomic mass is 10.1. The van der Waals surface area contributed by atoms with Crippen molar-refractivity contribution in [3.63, 3.8) is 0 Å². The van der Waals surface area contributed by atoms with Crippen LogP contribution in [0.5, 0.6) is 0 Å². The summed E-state index contributed by atoms with van der Waals surface area (Å²) >= 11 is 0. The Morgan fingerprint density at radius 3 is 2.69 bits per heavy atom. The molecule has 0 amide bonds. The van der Waals surface area contributed by atoms with Crippen LogP contribution in [-0.4, -0.2) is 23.7 Å². The van der Waals surface area contributed by atoms with E-state index in [-0.39, 0.29) is 12.5 Å². The number of carbonyl (C=O) groups is 2. The zero-order valence-corrected chi connectivity index (χ0v) is 7.86. The minimum atomic E-state index is -0.753. The van der Waals surface area contributed by atoms with Crippen molar-refractivity contribution in [1.82, 2.24) is 0 Å². The van der Waals surface area contributed by atoms with Crippen molar-refractivity contribution >= 4 is 12.4 Å². The summed E-state index contributed by atoms with van der Waals surface area (Å²) < 4.78 is 4.67. The van der Waals surface area contributed by atoms with Crippen LogP contribution in [0.2, 0.25) is 0 Å². The second-order valence-corrected chi connectivity index (χ2v) is 3.04. The third-order valence-corrected chi connectivity index (χ3v) is 1.79. The van der Waals surface area contributed by atoms with Crippen LogP contribution in [0.15, 0.2) is 0 Å². The monoisotopic (exact) mass is 188 g/mol. The number of aliphatic carboxylic acids is 1. The van der Waals surface area contributed by atoms with Crippen molar-refractivity contribution in [2.24, 2.45) is 0 Å². The van der Waals surface area contributed by atoms with Gasteiger partial charge >= 0.3 is 5.97 Å². The molecule has 0 saturated heterocycles. The maximum absolute atomic E-state index is 10.1. The first kappa shape index (κ1) is 11.9. The highest BCUT2D eigenvalue weighted by atomic mass is 16.5. The highest BCUT2D eigenvalue weighted by Gasteiger charge is 2.01. The largest absolute Gasteiger partial charge is 0.481 e. The van der Waals surface area contributed by atoms with Crippen LogP contribution in [0.1, 0.15) is 39.0 Å². The van der Waals surface area contributed by atoms with Crippen molar-refractivity contribution in [2.75, 3.05) is 0 Å². The molecule has 13 heavy (non-hydrogen) atoms. The molecule has 0 aromatic heterocycles. The molecule has 1 unspecified atom stereocenters. The number of hydrogen-bond acceptors (Lipinski definition) is 3. The van der Waals surface area contributed by atoms with Gasteiger partial charge in [-0.3, -0.25) is 9.59 Å². The van der Waals surface area contributed by atoms with Crippen LogP contribution >= 0.6 is 0 Å². The molecule has 0 heterocycles. The van der Waals surface area contributed by atoms with Gasteiger partial charge in [-0.2, -0.15) is 0 Å². The number of rotatable bonds is 8. The molecule has 76 valence electrons. The van der Waals surface area contributed by atoms with Crippen LogP contribution in [0.25, 0.3) is 0 Å². The standard InChI is InChI=1S/C9H16O4/c1-8(13-7-10)5-3-2-4-6-9(11)12/h7-8H,2-6H2,1H3,(H,11,12). The van der Waals surface area contributed by atoms with Crippen molar-refractivity contribution in [3.8, 4) is 0 Å². The summed E-state index contributed by atoms with van der Waals surface area (Å²) in [5, 5.41) is 8.34. The molecule has 0 spiro atoms. The van der Waals surface area contributed by atoms with Gasteiger partial charge in [-0.15, -0.1) is 0 Å². The summed E-state index contributed by atoms with van der Waals surface area (Å²) in [6.07, 6.45) is 3.45. The van der Waals surface area contributed by atoms with Gasteiger partial charge in [0.05, 0.1) is 6.10 Å². The Morgan fingerprint density at radius 2 is 2.15 bits per heavy atom. The molecule has 0 aliphatic heterocycles. The molecular weight excluding hydrogens is 172 g/mol. The van der Waals surface area contributed by atoms with Crippen molar-refractivity contribution in [3.05, 3.63) is 0 Å². The van der Waals surface area contributed by atoms with Crippen molar-refractivity contribution in [1.29, 1.82) is 0 Å². The molecule has 1 N–H and O–H groups in total. The average molecular weight is 188 g/mol. The molecule has 1 atom stereocenters. The first-order valence-electron chi connectivity index (χ1n) is 4.47. The number of hydrogen-bond donors (Lipinski definition) is 1. The molecule has 0 aliphatic carbocycles. The molecule has 0 saturated carbocycles. The summed E-state index contributed by atoms with van der Waals surface area (Å²) in [4.78, 5) is 20.0. The molecule has 0 aromatic carbocycles. The van der Waals surface area contributed by atoms with E-state index in [1.165, 1.54) is 0 Å². The Labute approximate surface area is 77.9 Å². The normalized spacial score (nSPS) is 12.1. The van der Waals surface area contributed by atoms with E-state index in [1.807, 2.05) is 6.92 Å². The van der Waals surface area contributed by atoms with Crippen LogP contribution in [0.4, 0.5) is 0 Å². The molecule has 0 aromatic rings. The Hall–Kier alpha value is -1.06. The van der Waals surface area contributed by atoms with Crippen molar-refractivity contribution < 1.29 is 19.4 Å². The molecule has 0 rings (SSSR count). The second kappa shape index (κ2) is 7.58. The van der Waals surface area contributed by atoms with Gasteiger partial charge in [-0.1, -0.05) is 6.42 Å². The lowest BCUT2D eigenvalue weighted by Gasteiger charge is -2.07. The van der Waals surface area contributed by atoms with E-state index in [1.54, 1.807) is 0 Å². The summed E-state index contributed by atoms with van der Waals surface area (Å²) in [7, 11) is 0. The molecule has 4 heteroatoms. The van der Waals surface area contributed by atoms with Gasteiger partial charge < -0.3 is 9.84 Å². The van der Waals surface area contributed by atoms with Gasteiger partial charge in [0, 0.05) is 6.42 Å². The van der Waals surface area contributed by atoms with E-state index in [9.17, 15) is 9.59 Å². The van der Waals surface area contributed by atoms with Crippen LogP contribution in [0, 0.1) is 0 Å². The fraction of sp³-hybridized carbons (Fsp3) is 0.778. The maximum Gasteiger partial charge on any atom is 0.303 e. The average Bonchev–Trinajstić information content (AvgIpc) is 2.03. The summed E-state index contributed by atoms with van der Waals surface area (Å²) in [5.74, 6) is -0.753. The van der Waals surface area contributed by atoms with Crippen LogP contribution < -0.4 is 0 Å². The van der Waals surface area contributed by atoms with E-state index in [4.69, 9.17) is 5.11 Å². The van der Waals surface area contributed by atoms with Gasteiger partial charge in [0.2, 0.25) is 0 Å². The minimum absolute atomic E-state index is 0.0534. The SMILES string of the molecule is CC(CCCCCC(=O)O)OC=O. The predicted octanol–water partition coefficient (Wildman–Crippen LogP) is 1.58. The van der Waals surface area contributed by atoms with E-state index >= 15 is 0 Å². The first-order valence-corrected chi connectivity index (χ1v) is 4.47. The number of unbranched alkanes of at least 4 members (excludes halogenated alkanes) is 2. The van der Waals surface area contributed by atoms with Gasteiger partial charge in [-0.05, 0) is 26.2 Å². The van der Waals surface area contributed by atoms with Gasteiger partial charge in [0.1, 0.15) is 0 Å². The van der Waals surface area contributed by atoms with E-state index in [2.05, 4.69) is 4.74 Å². The predicted molar refractivity (Wildman–Crippen MR) is 47.3 cm³/mol. The minimum Gasteiger partial charge on any atom is -0.481 e. The molecule has 0 aliphatic rings. The lowest BCUT2D eigenvalue weighted by molar-refractivity contribution is -0.137. The molecular formula is C9H16O4. The summed E-state index contributed by atoms with van der Waals surface area (Å²) in [5.41, 5.74) is 0. The van der Waals surface area contributed by atoms with E-state index < -0.39 is 5.97 Å². The van der Waals surface area contributed by atoms with Gasteiger partial charge in [-0.25, -0.2) is 0 Å². The smallest absolute Gasteiger partial charge is 0.303 e. The second-order valence-electron chi connectivity index (χ2n) is 3.04. The van der Waals surface area contributed by atoms with Gasteiger partial charge in [0.25, 0.3) is 6.47 Å². The maximum atomic E-state index is 10.1. The third-order valence-electron chi connectivity index (χ3n) is 1.79. The molecule has 0 bridgehead atoms. The lowest BCUT2D eigenvalue weighted by Crippen LogP contribution is -2.06. The van der Waals surface area contributed by atoms with Gasteiger partial charge in [0.15, 0.2) is 0 Å². The third kappa shape index (κ3) is 8.85. The summed E-state index contributed by atoms with van der Waals surface area (Å²) in [6.45, 7) is 2.27. The highest BCUT2D eigenvalue weighted by Crippen LogP contribution is 2.07. The fourth-order valence-corrected chi connectivity index (χ4v) is 1.05. The number of ether oxygens (including phenoxy) is 1. The number of carbonyl (C=O) groups excluding carboxylic acids is 1. The van der Waals surface area contributed by atoms with Crippen molar-refractivity contribution in [2.45, 2.75) is 45.1 Å². The highest BCUT2D eigenvalue weighted by molar-refractivity contribution is 5.66. The number of carboxylic acids is 1. The van der Waals surface area contributed by atoms with E-state index in [0.717, 1.165) is 19.3 Å². The first-order chi connectivity index (χ1) is 6.16. The Kier molecular flexibility index (Phi) is 6.96. The zero-order valence-electron chi connectivity index (χ0n) is 7.86. The van der Waals surface area contributed by atoms with Crippen LogP contribution in [0.3, 0.4) is 0 Å². The Morgan fingerprint density at radius 1 is 1.46 bits per heavy atom. The Balaban J connectivity index is 3.15. The molecule has 0 fully saturated rings. The topological polar surface area (TPSA) is 63.6 Å².